The molecule has 7 heteroatoms. The lowest BCUT2D eigenvalue weighted by Crippen LogP contribution is -2.19. The van der Waals surface area contributed by atoms with Crippen LogP contribution in [0.25, 0.3) is 22.8 Å². The maximum atomic E-state index is 13.1. The summed E-state index contributed by atoms with van der Waals surface area (Å²) in [5.41, 5.74) is 2.57. The molecule has 1 heterocycles. The highest BCUT2D eigenvalue weighted by molar-refractivity contribution is 6.00. The number of benzene rings is 3. The first-order valence-corrected chi connectivity index (χ1v) is 8.50. The number of nitrogens with zero attached hydrogens (tertiary/aromatic N) is 2. The average Bonchev–Trinajstić information content (AvgIpc) is 3.20. The molecule has 0 fully saturated rings. The summed E-state index contributed by atoms with van der Waals surface area (Å²) >= 11 is 0. The highest BCUT2D eigenvalue weighted by Crippen LogP contribution is 2.24. The lowest BCUT2D eigenvalue weighted by Gasteiger charge is -2.08. The fourth-order valence-corrected chi connectivity index (χ4v) is 2.60. The van der Waals surface area contributed by atoms with E-state index in [2.05, 4.69) is 20.8 Å². The van der Waals surface area contributed by atoms with Crippen molar-refractivity contribution in [3.05, 3.63) is 84.7 Å². The number of carbonyl (C=O) groups excluding carboxylic acids is 1. The molecule has 4 aromatic rings. The molecule has 2 amide bonds. The third kappa shape index (κ3) is 4.04. The smallest absolute Gasteiger partial charge is 0.323 e. The number of aromatic nitrogens is 2. The van der Waals surface area contributed by atoms with Crippen molar-refractivity contribution in [2.24, 2.45) is 0 Å². The monoisotopic (exact) mass is 374 g/mol. The number of rotatable bonds is 4. The maximum Gasteiger partial charge on any atom is 0.323 e. The Labute approximate surface area is 160 Å². The van der Waals surface area contributed by atoms with Crippen LogP contribution in [0.15, 0.2) is 83.4 Å². The van der Waals surface area contributed by atoms with Gasteiger partial charge >= 0.3 is 6.03 Å². The van der Waals surface area contributed by atoms with Crippen LogP contribution >= 0.6 is 0 Å². The van der Waals surface area contributed by atoms with Crippen molar-refractivity contribution in [1.29, 1.82) is 0 Å². The minimum atomic E-state index is -0.358. The Hall–Kier alpha value is -4.00. The SMILES string of the molecule is O=C(Nc1ccccc1)Nc1cccc(-c2noc(-c3ccc(F)cc3)n2)c1. The predicted octanol–water partition coefficient (Wildman–Crippen LogP) is 5.19. The van der Waals surface area contributed by atoms with Gasteiger partial charge in [0.1, 0.15) is 5.82 Å². The van der Waals surface area contributed by atoms with Crippen molar-refractivity contribution < 1.29 is 13.7 Å². The minimum Gasteiger partial charge on any atom is -0.334 e. The van der Waals surface area contributed by atoms with E-state index in [1.165, 1.54) is 12.1 Å². The fourth-order valence-electron chi connectivity index (χ4n) is 2.60. The van der Waals surface area contributed by atoms with Gasteiger partial charge in [-0.25, -0.2) is 9.18 Å². The van der Waals surface area contributed by atoms with Crippen molar-refractivity contribution in [2.75, 3.05) is 10.6 Å². The molecular weight excluding hydrogens is 359 g/mol. The number of para-hydroxylation sites is 1. The number of hydrogen-bond acceptors (Lipinski definition) is 4. The quantitative estimate of drug-likeness (QED) is 0.515. The van der Waals surface area contributed by atoms with Crippen molar-refractivity contribution in [1.82, 2.24) is 10.1 Å². The lowest BCUT2D eigenvalue weighted by atomic mass is 10.2. The first-order chi connectivity index (χ1) is 13.7. The normalized spacial score (nSPS) is 10.5. The molecule has 4 rings (SSSR count). The van der Waals surface area contributed by atoms with E-state index < -0.39 is 0 Å². The van der Waals surface area contributed by atoms with Crippen LogP contribution in [0.4, 0.5) is 20.6 Å². The van der Waals surface area contributed by atoms with E-state index >= 15 is 0 Å². The van der Waals surface area contributed by atoms with Gasteiger partial charge in [0.15, 0.2) is 0 Å². The van der Waals surface area contributed by atoms with Crippen molar-refractivity contribution >= 4 is 17.4 Å². The van der Waals surface area contributed by atoms with Gasteiger partial charge in [0.05, 0.1) is 0 Å². The highest BCUT2D eigenvalue weighted by atomic mass is 19.1. The molecule has 0 aliphatic rings. The number of urea groups is 1. The second-order valence-electron chi connectivity index (χ2n) is 5.96. The zero-order valence-electron chi connectivity index (χ0n) is 14.6. The summed E-state index contributed by atoms with van der Waals surface area (Å²) in [4.78, 5) is 16.5. The number of carbonyl (C=O) groups is 1. The topological polar surface area (TPSA) is 80.0 Å². The van der Waals surface area contributed by atoms with Gasteiger partial charge in [-0.2, -0.15) is 4.98 Å². The fraction of sp³-hybridized carbons (Fsp3) is 0. The van der Waals surface area contributed by atoms with Crippen LogP contribution < -0.4 is 10.6 Å². The second-order valence-corrected chi connectivity index (χ2v) is 5.96. The van der Waals surface area contributed by atoms with E-state index in [9.17, 15) is 9.18 Å². The largest absolute Gasteiger partial charge is 0.334 e. The van der Waals surface area contributed by atoms with E-state index in [-0.39, 0.29) is 17.7 Å². The molecular formula is C21H15FN4O2. The lowest BCUT2D eigenvalue weighted by molar-refractivity contribution is 0.262. The number of nitrogens with one attached hydrogen (secondary N) is 2. The molecule has 1 aromatic heterocycles. The van der Waals surface area contributed by atoms with Gasteiger partial charge in [0, 0.05) is 22.5 Å². The Morgan fingerprint density at radius 3 is 2.32 bits per heavy atom. The molecule has 0 bridgehead atoms. The predicted molar refractivity (Wildman–Crippen MR) is 104 cm³/mol. The number of amides is 2. The Morgan fingerprint density at radius 2 is 1.54 bits per heavy atom. The number of hydrogen-bond donors (Lipinski definition) is 2. The maximum absolute atomic E-state index is 13.1. The van der Waals surface area contributed by atoms with E-state index in [1.807, 2.05) is 18.2 Å². The van der Waals surface area contributed by atoms with Crippen molar-refractivity contribution in [3.8, 4) is 22.8 Å². The van der Waals surface area contributed by atoms with E-state index in [0.29, 0.717) is 28.3 Å². The van der Waals surface area contributed by atoms with Gasteiger partial charge in [0.25, 0.3) is 5.89 Å². The molecule has 0 saturated carbocycles. The summed E-state index contributed by atoms with van der Waals surface area (Å²) in [6.45, 7) is 0. The standard InChI is InChI=1S/C21H15FN4O2/c22-16-11-9-14(10-12-16)20-25-19(26-28-20)15-5-4-8-18(13-15)24-21(27)23-17-6-2-1-3-7-17/h1-13H,(H2,23,24,27). The van der Waals surface area contributed by atoms with Gasteiger partial charge in [-0.1, -0.05) is 35.5 Å². The van der Waals surface area contributed by atoms with Gasteiger partial charge in [-0.3, -0.25) is 0 Å². The molecule has 28 heavy (non-hydrogen) atoms. The van der Waals surface area contributed by atoms with E-state index in [0.717, 1.165) is 0 Å². The van der Waals surface area contributed by atoms with Crippen LogP contribution in [-0.2, 0) is 0 Å². The summed E-state index contributed by atoms with van der Waals surface area (Å²) in [7, 11) is 0. The first-order valence-electron chi connectivity index (χ1n) is 8.50. The summed E-state index contributed by atoms with van der Waals surface area (Å²) < 4.78 is 18.3. The number of halogens is 1. The van der Waals surface area contributed by atoms with Crippen LogP contribution in [0.2, 0.25) is 0 Å². The molecule has 0 unspecified atom stereocenters. The summed E-state index contributed by atoms with van der Waals surface area (Å²) in [5, 5.41) is 9.48. The summed E-state index contributed by atoms with van der Waals surface area (Å²) in [6.07, 6.45) is 0. The second kappa shape index (κ2) is 7.71. The molecule has 0 aliphatic carbocycles. The molecule has 0 saturated heterocycles. The van der Waals surface area contributed by atoms with Crippen LogP contribution in [0, 0.1) is 5.82 Å². The van der Waals surface area contributed by atoms with E-state index in [4.69, 9.17) is 4.52 Å². The van der Waals surface area contributed by atoms with Crippen LogP contribution in [0.5, 0.6) is 0 Å². The summed E-state index contributed by atoms with van der Waals surface area (Å²) in [5.74, 6) is 0.317. The van der Waals surface area contributed by atoms with E-state index in [1.54, 1.807) is 48.5 Å². The Kier molecular flexibility index (Phi) is 4.79. The molecule has 3 aromatic carbocycles. The van der Waals surface area contributed by atoms with Gasteiger partial charge < -0.3 is 15.2 Å². The summed E-state index contributed by atoms with van der Waals surface area (Å²) in [6, 6.07) is 21.7. The van der Waals surface area contributed by atoms with Crippen LogP contribution in [0.1, 0.15) is 0 Å². The third-order valence-electron chi connectivity index (χ3n) is 3.93. The third-order valence-corrected chi connectivity index (χ3v) is 3.93. The van der Waals surface area contributed by atoms with Crippen molar-refractivity contribution in [2.45, 2.75) is 0 Å². The van der Waals surface area contributed by atoms with Gasteiger partial charge in [-0.05, 0) is 48.5 Å². The molecule has 2 N–H and O–H groups in total. The molecule has 0 spiro atoms. The Bertz CT molecular complexity index is 1090. The van der Waals surface area contributed by atoms with Gasteiger partial charge in [0.2, 0.25) is 5.82 Å². The Morgan fingerprint density at radius 1 is 0.821 bits per heavy atom. The molecule has 0 aliphatic heterocycles. The average molecular weight is 374 g/mol. The molecule has 0 radical (unpaired) electrons. The number of anilines is 2. The zero-order chi connectivity index (χ0) is 19.3. The molecule has 138 valence electrons. The van der Waals surface area contributed by atoms with Crippen molar-refractivity contribution in [3.63, 3.8) is 0 Å². The van der Waals surface area contributed by atoms with Crippen LogP contribution in [0.3, 0.4) is 0 Å². The minimum absolute atomic E-state index is 0.287. The Balaban J connectivity index is 1.49. The first kappa shape index (κ1) is 17.4. The molecule has 6 nitrogen and oxygen atoms in total. The molecule has 0 atom stereocenters. The van der Waals surface area contributed by atoms with Gasteiger partial charge in [-0.15, -0.1) is 0 Å². The van der Waals surface area contributed by atoms with Crippen LogP contribution in [-0.4, -0.2) is 16.2 Å². The highest BCUT2D eigenvalue weighted by Gasteiger charge is 2.12. The zero-order valence-corrected chi connectivity index (χ0v) is 14.6.